The Bertz CT molecular complexity index is 950. The van der Waals surface area contributed by atoms with Gasteiger partial charge in [0, 0.05) is 18.8 Å². The van der Waals surface area contributed by atoms with Crippen LogP contribution in [0.3, 0.4) is 0 Å². The van der Waals surface area contributed by atoms with E-state index in [1.54, 1.807) is 12.1 Å². The number of nitrogens with zero attached hydrogens (tertiary/aromatic N) is 2. The fourth-order valence-electron chi connectivity index (χ4n) is 2.86. The molecular formula is C20H23N3O4S. The number of hydrogen-bond donors (Lipinski definition) is 1. The van der Waals surface area contributed by atoms with E-state index < -0.39 is 15.9 Å². The maximum atomic E-state index is 12.6. The lowest BCUT2D eigenvalue weighted by Gasteiger charge is -2.16. The second-order valence-electron chi connectivity index (χ2n) is 6.61. The third-order valence-corrected chi connectivity index (χ3v) is 6.26. The molecule has 1 saturated heterocycles. The minimum absolute atomic E-state index is 0.172. The highest BCUT2D eigenvalue weighted by molar-refractivity contribution is 7.89. The van der Waals surface area contributed by atoms with Gasteiger partial charge in [-0.05, 0) is 43.5 Å². The van der Waals surface area contributed by atoms with Gasteiger partial charge >= 0.3 is 0 Å². The van der Waals surface area contributed by atoms with E-state index in [9.17, 15) is 13.2 Å². The van der Waals surface area contributed by atoms with Crippen LogP contribution in [0.5, 0.6) is 0 Å². The number of rotatable bonds is 7. The van der Waals surface area contributed by atoms with Gasteiger partial charge in [0.15, 0.2) is 6.61 Å². The Morgan fingerprint density at radius 2 is 1.89 bits per heavy atom. The molecule has 1 amide bonds. The molecule has 0 aromatic heterocycles. The van der Waals surface area contributed by atoms with Crippen LogP contribution in [-0.2, 0) is 19.7 Å². The highest BCUT2D eigenvalue weighted by atomic mass is 32.2. The fourth-order valence-corrected chi connectivity index (χ4v) is 4.42. The van der Waals surface area contributed by atoms with Crippen LogP contribution in [0.4, 0.5) is 5.69 Å². The Morgan fingerprint density at radius 3 is 2.61 bits per heavy atom. The van der Waals surface area contributed by atoms with E-state index >= 15 is 0 Å². The molecule has 1 fully saturated rings. The van der Waals surface area contributed by atoms with Crippen LogP contribution >= 0.6 is 0 Å². The minimum Gasteiger partial charge on any atom is -0.386 e. The minimum atomic E-state index is -3.52. The number of amides is 1. The van der Waals surface area contributed by atoms with Crippen LogP contribution in [0.15, 0.2) is 58.6 Å². The van der Waals surface area contributed by atoms with Gasteiger partial charge in [-0.1, -0.05) is 41.1 Å². The average Bonchev–Trinajstić information content (AvgIpc) is 3.22. The Labute approximate surface area is 165 Å². The second-order valence-corrected chi connectivity index (χ2v) is 8.54. The number of benzene rings is 2. The van der Waals surface area contributed by atoms with Crippen molar-refractivity contribution in [3.63, 3.8) is 0 Å². The van der Waals surface area contributed by atoms with E-state index in [4.69, 9.17) is 4.84 Å². The first-order valence-corrected chi connectivity index (χ1v) is 10.5. The second kappa shape index (κ2) is 8.99. The van der Waals surface area contributed by atoms with Crippen LogP contribution in [0.1, 0.15) is 24.0 Å². The number of carbonyl (C=O) groups is 1. The van der Waals surface area contributed by atoms with Crippen molar-refractivity contribution in [3.8, 4) is 0 Å². The monoisotopic (exact) mass is 401 g/mol. The molecule has 0 bridgehead atoms. The number of aryl methyl sites for hydroxylation is 1. The highest BCUT2D eigenvalue weighted by Crippen LogP contribution is 2.23. The fraction of sp³-hybridized carbons (Fsp3) is 0.300. The molecule has 0 spiro atoms. The standard InChI is InChI=1S/C20H23N3O4S/c1-16-7-9-17(10-8-16)14-21-27-15-20(24)22-18-5-4-6-19(13-18)28(25,26)23-11-2-3-12-23/h4-10,13-14H,2-3,11-12,15H2,1H3,(H,22,24)/b21-14-. The van der Waals surface area contributed by atoms with E-state index in [1.165, 1.54) is 22.7 Å². The SMILES string of the molecule is Cc1ccc(/C=N\OCC(=O)Nc2cccc(S(=O)(=O)N3CCCC3)c2)cc1. The van der Waals surface area contributed by atoms with Gasteiger partial charge in [0.2, 0.25) is 10.0 Å². The van der Waals surface area contributed by atoms with Crippen LogP contribution < -0.4 is 5.32 Å². The summed E-state index contributed by atoms with van der Waals surface area (Å²) in [5, 5.41) is 6.40. The molecular weight excluding hydrogens is 378 g/mol. The van der Waals surface area contributed by atoms with Crippen molar-refractivity contribution in [2.24, 2.45) is 5.16 Å². The van der Waals surface area contributed by atoms with Gasteiger partial charge in [-0.15, -0.1) is 0 Å². The molecule has 3 rings (SSSR count). The zero-order chi connectivity index (χ0) is 20.0. The van der Waals surface area contributed by atoms with Gasteiger partial charge in [-0.2, -0.15) is 4.31 Å². The van der Waals surface area contributed by atoms with E-state index in [0.717, 1.165) is 24.0 Å². The zero-order valence-electron chi connectivity index (χ0n) is 15.7. The van der Waals surface area contributed by atoms with E-state index in [1.807, 2.05) is 31.2 Å². The predicted molar refractivity (Wildman–Crippen MR) is 108 cm³/mol. The van der Waals surface area contributed by atoms with E-state index in [0.29, 0.717) is 18.8 Å². The lowest BCUT2D eigenvalue weighted by molar-refractivity contribution is -0.120. The van der Waals surface area contributed by atoms with Crippen LogP contribution in [0.25, 0.3) is 0 Å². The van der Waals surface area contributed by atoms with Crippen LogP contribution in [-0.4, -0.2) is 44.5 Å². The van der Waals surface area contributed by atoms with Gasteiger partial charge in [0.1, 0.15) is 0 Å². The molecule has 2 aromatic rings. The summed E-state index contributed by atoms with van der Waals surface area (Å²) in [6, 6.07) is 13.9. The summed E-state index contributed by atoms with van der Waals surface area (Å²) < 4.78 is 26.7. The van der Waals surface area contributed by atoms with Crippen molar-refractivity contribution < 1.29 is 18.0 Å². The smallest absolute Gasteiger partial charge is 0.265 e. The third kappa shape index (κ3) is 5.17. The summed E-state index contributed by atoms with van der Waals surface area (Å²) in [4.78, 5) is 17.2. The lowest BCUT2D eigenvalue weighted by Crippen LogP contribution is -2.28. The summed E-state index contributed by atoms with van der Waals surface area (Å²) in [5.41, 5.74) is 2.41. The summed E-state index contributed by atoms with van der Waals surface area (Å²) in [5.74, 6) is -0.420. The molecule has 8 heteroatoms. The van der Waals surface area contributed by atoms with Crippen molar-refractivity contribution in [1.82, 2.24) is 4.31 Å². The van der Waals surface area contributed by atoms with Crippen molar-refractivity contribution >= 4 is 27.8 Å². The van der Waals surface area contributed by atoms with Gasteiger partial charge in [-0.3, -0.25) is 4.79 Å². The molecule has 0 unspecified atom stereocenters. The normalized spacial score (nSPS) is 15.0. The number of anilines is 1. The Balaban J connectivity index is 1.55. The van der Waals surface area contributed by atoms with Crippen molar-refractivity contribution in [2.45, 2.75) is 24.7 Å². The maximum absolute atomic E-state index is 12.6. The molecule has 1 N–H and O–H groups in total. The predicted octanol–water partition coefficient (Wildman–Crippen LogP) is 2.77. The van der Waals surface area contributed by atoms with Crippen molar-refractivity contribution in [2.75, 3.05) is 25.0 Å². The molecule has 0 atom stereocenters. The van der Waals surface area contributed by atoms with Crippen LogP contribution in [0, 0.1) is 6.92 Å². The first kappa shape index (κ1) is 20.0. The summed E-state index contributed by atoms with van der Waals surface area (Å²) in [6.45, 7) is 2.79. The molecule has 0 aliphatic carbocycles. The molecule has 2 aromatic carbocycles. The van der Waals surface area contributed by atoms with Gasteiger partial charge in [0.25, 0.3) is 5.91 Å². The van der Waals surface area contributed by atoms with Gasteiger partial charge < -0.3 is 10.2 Å². The highest BCUT2D eigenvalue weighted by Gasteiger charge is 2.27. The number of carbonyl (C=O) groups excluding carboxylic acids is 1. The van der Waals surface area contributed by atoms with E-state index in [2.05, 4.69) is 10.5 Å². The Hall–Kier alpha value is -2.71. The van der Waals surface area contributed by atoms with Crippen LogP contribution in [0.2, 0.25) is 0 Å². The summed E-state index contributed by atoms with van der Waals surface area (Å²) in [6.07, 6.45) is 3.27. The first-order valence-electron chi connectivity index (χ1n) is 9.07. The quantitative estimate of drug-likeness (QED) is 0.571. The molecule has 1 aliphatic heterocycles. The molecule has 0 radical (unpaired) electrons. The Morgan fingerprint density at radius 1 is 1.18 bits per heavy atom. The molecule has 148 valence electrons. The number of sulfonamides is 1. The van der Waals surface area contributed by atoms with Gasteiger partial charge in [0.05, 0.1) is 11.1 Å². The molecule has 1 aliphatic rings. The topological polar surface area (TPSA) is 88.1 Å². The molecule has 7 nitrogen and oxygen atoms in total. The first-order chi connectivity index (χ1) is 13.4. The number of oxime groups is 1. The van der Waals surface area contributed by atoms with Gasteiger partial charge in [-0.25, -0.2) is 8.42 Å². The number of hydrogen-bond acceptors (Lipinski definition) is 5. The van der Waals surface area contributed by atoms with Crippen molar-refractivity contribution in [1.29, 1.82) is 0 Å². The summed E-state index contributed by atoms with van der Waals surface area (Å²) >= 11 is 0. The molecule has 0 saturated carbocycles. The molecule has 1 heterocycles. The maximum Gasteiger partial charge on any atom is 0.265 e. The van der Waals surface area contributed by atoms with Crippen molar-refractivity contribution in [3.05, 3.63) is 59.7 Å². The average molecular weight is 401 g/mol. The zero-order valence-corrected chi connectivity index (χ0v) is 16.5. The largest absolute Gasteiger partial charge is 0.386 e. The molecule has 28 heavy (non-hydrogen) atoms. The third-order valence-electron chi connectivity index (χ3n) is 4.37. The lowest BCUT2D eigenvalue weighted by atomic mass is 10.2. The summed E-state index contributed by atoms with van der Waals surface area (Å²) in [7, 11) is -3.52. The Kier molecular flexibility index (Phi) is 6.43. The van der Waals surface area contributed by atoms with E-state index in [-0.39, 0.29) is 11.5 Å². The number of nitrogens with one attached hydrogen (secondary N) is 1.